The molecule has 2 aromatic rings. The van der Waals surface area contributed by atoms with Crippen molar-refractivity contribution in [3.8, 4) is 22.9 Å². The Hall–Kier alpha value is -1.88. The van der Waals surface area contributed by atoms with Crippen LogP contribution in [0, 0.1) is 0 Å². The van der Waals surface area contributed by atoms with E-state index in [4.69, 9.17) is 19.4 Å². The van der Waals surface area contributed by atoms with Crippen LogP contribution < -0.4 is 14.7 Å². The molecule has 1 aromatic heterocycles. The fourth-order valence-corrected chi connectivity index (χ4v) is 7.44. The van der Waals surface area contributed by atoms with Gasteiger partial charge in [0.1, 0.15) is 5.75 Å². The zero-order chi connectivity index (χ0) is 23.9. The normalized spacial score (nSPS) is 11.5. The maximum absolute atomic E-state index is 6.28. The van der Waals surface area contributed by atoms with E-state index >= 15 is 0 Å². The average molecular weight is 471 g/mol. The minimum atomic E-state index is -1.72. The highest BCUT2D eigenvalue weighted by atomic mass is 28.3. The van der Waals surface area contributed by atoms with Crippen LogP contribution in [0.25, 0.3) is 11.4 Å². The second-order valence-corrected chi connectivity index (χ2v) is 14.5. The first-order valence-corrected chi connectivity index (χ1v) is 16.5. The molecule has 0 aliphatic heterocycles. The highest BCUT2D eigenvalue weighted by Crippen LogP contribution is 2.27. The van der Waals surface area contributed by atoms with E-state index in [1.54, 1.807) is 0 Å². The van der Waals surface area contributed by atoms with E-state index in [0.717, 1.165) is 55.4 Å². The Morgan fingerprint density at radius 2 is 1.36 bits per heavy atom. The third-order valence-electron chi connectivity index (χ3n) is 6.25. The molecule has 0 fully saturated rings. The molecule has 0 spiro atoms. The number of nitrogens with zero attached hydrogens (tertiary/aromatic N) is 2. The van der Waals surface area contributed by atoms with Crippen LogP contribution in [-0.4, -0.2) is 31.3 Å². The number of aromatic nitrogens is 2. The molecule has 5 heteroatoms. The summed E-state index contributed by atoms with van der Waals surface area (Å²) in [5.74, 6) is 2.56. The Balaban J connectivity index is 2.15. The quantitative estimate of drug-likeness (QED) is 0.175. The van der Waals surface area contributed by atoms with E-state index < -0.39 is 8.07 Å². The molecule has 184 valence electrons. The maximum Gasteiger partial charge on any atom is 0.159 e. The van der Waals surface area contributed by atoms with Crippen molar-refractivity contribution in [1.82, 2.24) is 9.97 Å². The molecule has 0 bridgehead atoms. The maximum atomic E-state index is 6.28. The summed E-state index contributed by atoms with van der Waals surface area (Å²) in [5, 5.41) is 1.36. The Kier molecular flexibility index (Phi) is 12.5. The molecule has 1 aromatic carbocycles. The lowest BCUT2D eigenvalue weighted by molar-refractivity contribution is 0.302. The first kappa shape index (κ1) is 27.4. The summed E-state index contributed by atoms with van der Waals surface area (Å²) in [7, 11) is -1.72. The van der Waals surface area contributed by atoms with Crippen LogP contribution >= 0.6 is 0 Å². The van der Waals surface area contributed by atoms with Gasteiger partial charge in [-0.1, -0.05) is 103 Å². The Morgan fingerprint density at radius 1 is 0.727 bits per heavy atom. The number of rotatable bonds is 17. The molecule has 0 aliphatic rings. The zero-order valence-corrected chi connectivity index (χ0v) is 22.8. The molecule has 0 amide bonds. The van der Waals surface area contributed by atoms with E-state index in [1.165, 1.54) is 56.2 Å². The van der Waals surface area contributed by atoms with Gasteiger partial charge in [0.15, 0.2) is 11.6 Å². The molecule has 4 nitrogen and oxygen atoms in total. The van der Waals surface area contributed by atoms with Gasteiger partial charge in [-0.05, 0) is 24.1 Å². The number of unbranched alkanes of at least 4 members (excludes halogenated alkanes) is 7. The second kappa shape index (κ2) is 15.1. The van der Waals surface area contributed by atoms with Gasteiger partial charge in [0, 0.05) is 5.56 Å². The lowest BCUT2D eigenvalue weighted by atomic mass is 10.1. The zero-order valence-electron chi connectivity index (χ0n) is 21.8. The van der Waals surface area contributed by atoms with Crippen LogP contribution in [0.3, 0.4) is 0 Å². The van der Waals surface area contributed by atoms with Crippen molar-refractivity contribution in [3.05, 3.63) is 30.6 Å². The van der Waals surface area contributed by atoms with Crippen molar-refractivity contribution in [2.45, 2.75) is 104 Å². The summed E-state index contributed by atoms with van der Waals surface area (Å²) in [6.45, 7) is 13.1. The topological polar surface area (TPSA) is 44.2 Å². The molecule has 0 saturated carbocycles. The van der Waals surface area contributed by atoms with Crippen molar-refractivity contribution in [2.75, 3.05) is 13.2 Å². The highest BCUT2D eigenvalue weighted by molar-refractivity contribution is 6.91. The van der Waals surface area contributed by atoms with Gasteiger partial charge in [-0.3, -0.25) is 0 Å². The molecule has 0 radical (unpaired) electrons. The molecule has 0 saturated heterocycles. The molecule has 0 unspecified atom stereocenters. The standard InChI is InChI=1S/C28H46N2O2Si/c1-6-9-12-13-14-15-20-31-24-22-29-28(30-23-24)25-17-16-18-26(32-19-10-7-2)27(25)33(4,5)21-11-8-3/h16-18,22-23H,6-15,19-21H2,1-5H3. The summed E-state index contributed by atoms with van der Waals surface area (Å²) in [5.41, 5.74) is 1.12. The SMILES string of the molecule is CCCCCCCCOc1cnc(-c2cccc(OCCCC)c2[Si](C)(C)CCCC)nc1. The first-order chi connectivity index (χ1) is 16.0. The third-order valence-corrected chi connectivity index (χ3v) is 9.72. The summed E-state index contributed by atoms with van der Waals surface area (Å²) in [6.07, 6.45) is 15.9. The summed E-state index contributed by atoms with van der Waals surface area (Å²) >= 11 is 0. The summed E-state index contributed by atoms with van der Waals surface area (Å²) < 4.78 is 12.2. The van der Waals surface area contributed by atoms with E-state index in [2.05, 4.69) is 52.1 Å². The van der Waals surface area contributed by atoms with Gasteiger partial charge in [0.05, 0.1) is 33.7 Å². The van der Waals surface area contributed by atoms with Crippen LogP contribution in [0.1, 0.15) is 85.0 Å². The average Bonchev–Trinajstić information content (AvgIpc) is 2.82. The van der Waals surface area contributed by atoms with Crippen LogP contribution in [0.15, 0.2) is 30.6 Å². The van der Waals surface area contributed by atoms with Crippen molar-refractivity contribution in [2.24, 2.45) is 0 Å². The minimum absolute atomic E-state index is 0.734. The van der Waals surface area contributed by atoms with Gasteiger partial charge in [0.2, 0.25) is 0 Å². The van der Waals surface area contributed by atoms with Crippen LogP contribution in [0.4, 0.5) is 0 Å². The predicted molar refractivity (Wildman–Crippen MR) is 144 cm³/mol. The smallest absolute Gasteiger partial charge is 0.159 e. The van der Waals surface area contributed by atoms with Gasteiger partial charge in [-0.25, -0.2) is 9.97 Å². The van der Waals surface area contributed by atoms with Crippen molar-refractivity contribution in [3.63, 3.8) is 0 Å². The summed E-state index contributed by atoms with van der Waals surface area (Å²) in [4.78, 5) is 9.42. The van der Waals surface area contributed by atoms with E-state index in [0.29, 0.717) is 0 Å². The molecule has 0 N–H and O–H groups in total. The van der Waals surface area contributed by atoms with Crippen LogP contribution in [0.5, 0.6) is 11.5 Å². The fourth-order valence-electron chi connectivity index (χ4n) is 4.21. The van der Waals surface area contributed by atoms with E-state index in [-0.39, 0.29) is 0 Å². The Morgan fingerprint density at radius 3 is 2.06 bits per heavy atom. The monoisotopic (exact) mass is 470 g/mol. The number of ether oxygens (including phenoxy) is 2. The van der Waals surface area contributed by atoms with Crippen LogP contribution in [-0.2, 0) is 0 Å². The lowest BCUT2D eigenvalue weighted by Gasteiger charge is -2.28. The van der Waals surface area contributed by atoms with Gasteiger partial charge in [0.25, 0.3) is 0 Å². The Bertz CT molecular complexity index is 793. The van der Waals surface area contributed by atoms with Crippen LogP contribution in [0.2, 0.25) is 19.1 Å². The van der Waals surface area contributed by atoms with Gasteiger partial charge in [-0.15, -0.1) is 0 Å². The molecule has 2 rings (SSSR count). The molecule has 0 aliphatic carbocycles. The van der Waals surface area contributed by atoms with Gasteiger partial charge < -0.3 is 9.47 Å². The third kappa shape index (κ3) is 9.11. The van der Waals surface area contributed by atoms with Gasteiger partial charge in [-0.2, -0.15) is 0 Å². The lowest BCUT2D eigenvalue weighted by Crippen LogP contribution is -2.43. The van der Waals surface area contributed by atoms with E-state index in [9.17, 15) is 0 Å². The number of hydrogen-bond acceptors (Lipinski definition) is 4. The Labute approximate surface area is 203 Å². The number of hydrogen-bond donors (Lipinski definition) is 0. The van der Waals surface area contributed by atoms with Crippen molar-refractivity contribution < 1.29 is 9.47 Å². The summed E-state index contributed by atoms with van der Waals surface area (Å²) in [6, 6.07) is 7.61. The second-order valence-electron chi connectivity index (χ2n) is 9.73. The van der Waals surface area contributed by atoms with E-state index in [1.807, 2.05) is 12.4 Å². The highest BCUT2D eigenvalue weighted by Gasteiger charge is 2.30. The molecule has 0 atom stereocenters. The minimum Gasteiger partial charge on any atom is -0.494 e. The molecule has 1 heterocycles. The molecular formula is C28H46N2O2Si. The van der Waals surface area contributed by atoms with Gasteiger partial charge >= 0.3 is 0 Å². The molecule has 33 heavy (non-hydrogen) atoms. The predicted octanol–water partition coefficient (Wildman–Crippen LogP) is 7.78. The first-order valence-electron chi connectivity index (χ1n) is 13.2. The fraction of sp³-hybridized carbons (Fsp3) is 0.643. The van der Waals surface area contributed by atoms with Crippen molar-refractivity contribution in [1.29, 1.82) is 0 Å². The largest absolute Gasteiger partial charge is 0.494 e. The van der Waals surface area contributed by atoms with Crippen molar-refractivity contribution >= 4 is 13.3 Å². The number of benzene rings is 1. The molecular weight excluding hydrogens is 424 g/mol.